The van der Waals surface area contributed by atoms with Crippen LogP contribution in [0, 0.1) is 5.92 Å². The van der Waals surface area contributed by atoms with Crippen molar-refractivity contribution in [3.05, 3.63) is 34.9 Å². The Labute approximate surface area is 140 Å². The smallest absolute Gasteiger partial charge is 0.338 e. The Balaban J connectivity index is 2.08. The second-order valence-electron chi connectivity index (χ2n) is 6.12. The van der Waals surface area contributed by atoms with Gasteiger partial charge in [-0.05, 0) is 31.0 Å². The molecule has 1 aliphatic rings. The molecule has 3 amide bonds. The highest BCUT2D eigenvalue weighted by Crippen LogP contribution is 2.23. The molecule has 1 N–H and O–H groups in total. The Morgan fingerprint density at radius 3 is 2.38 bits per heavy atom. The van der Waals surface area contributed by atoms with Gasteiger partial charge in [-0.3, -0.25) is 19.3 Å². The van der Waals surface area contributed by atoms with Crippen LogP contribution in [-0.4, -0.2) is 48.3 Å². The van der Waals surface area contributed by atoms with E-state index in [0.717, 1.165) is 4.90 Å². The highest BCUT2D eigenvalue weighted by molar-refractivity contribution is 6.21. The first-order valence-electron chi connectivity index (χ1n) is 7.67. The molecule has 1 heterocycles. The molecular formula is C17H20N2O5. The van der Waals surface area contributed by atoms with Crippen molar-refractivity contribution >= 4 is 23.7 Å². The number of carbonyl (C=O) groups excluding carboxylic acids is 4. The van der Waals surface area contributed by atoms with E-state index in [1.807, 2.05) is 13.8 Å². The predicted octanol–water partition coefficient (Wildman–Crippen LogP) is 1.23. The van der Waals surface area contributed by atoms with Crippen LogP contribution in [0.25, 0.3) is 0 Å². The van der Waals surface area contributed by atoms with E-state index >= 15 is 0 Å². The third-order valence-corrected chi connectivity index (χ3v) is 3.66. The molecule has 1 aromatic rings. The van der Waals surface area contributed by atoms with E-state index in [1.165, 1.54) is 32.2 Å². The molecule has 128 valence electrons. The van der Waals surface area contributed by atoms with Crippen molar-refractivity contribution in [2.45, 2.75) is 26.9 Å². The first-order chi connectivity index (χ1) is 11.2. The van der Waals surface area contributed by atoms with Crippen molar-refractivity contribution in [3.63, 3.8) is 0 Å². The van der Waals surface area contributed by atoms with Gasteiger partial charge in [0.25, 0.3) is 17.7 Å². The summed E-state index contributed by atoms with van der Waals surface area (Å²) in [5.74, 6) is -1.69. The first-order valence-corrected chi connectivity index (χ1v) is 7.67. The van der Waals surface area contributed by atoms with Crippen molar-refractivity contribution in [2.24, 2.45) is 5.92 Å². The van der Waals surface area contributed by atoms with Crippen molar-refractivity contribution in [3.8, 4) is 0 Å². The Morgan fingerprint density at radius 2 is 1.75 bits per heavy atom. The molecule has 0 saturated heterocycles. The van der Waals surface area contributed by atoms with Crippen LogP contribution in [0.5, 0.6) is 0 Å². The molecule has 0 radical (unpaired) electrons. The summed E-state index contributed by atoms with van der Waals surface area (Å²) in [6.45, 7) is 5.87. The minimum Gasteiger partial charge on any atom is -0.449 e. The molecule has 24 heavy (non-hydrogen) atoms. The van der Waals surface area contributed by atoms with Gasteiger partial charge in [0.1, 0.15) is 0 Å². The summed E-state index contributed by atoms with van der Waals surface area (Å²) < 4.78 is 5.12. The monoisotopic (exact) mass is 332 g/mol. The number of ether oxygens (including phenoxy) is 1. The molecule has 0 saturated carbocycles. The molecule has 7 heteroatoms. The average Bonchev–Trinajstić information content (AvgIpc) is 2.76. The van der Waals surface area contributed by atoms with E-state index in [-0.39, 0.29) is 28.5 Å². The SMILES string of the molecule is CC(C)CNC(=O)C(C)OC(=O)c1ccc2c(c1)C(=O)N(C)C2=O. The van der Waals surface area contributed by atoms with Crippen molar-refractivity contribution in [2.75, 3.05) is 13.6 Å². The molecule has 0 bridgehead atoms. The van der Waals surface area contributed by atoms with E-state index in [4.69, 9.17) is 4.74 Å². The number of nitrogens with zero attached hydrogens (tertiary/aromatic N) is 1. The predicted molar refractivity (Wildman–Crippen MR) is 85.6 cm³/mol. The third kappa shape index (κ3) is 3.45. The van der Waals surface area contributed by atoms with Crippen LogP contribution in [0.3, 0.4) is 0 Å². The summed E-state index contributed by atoms with van der Waals surface area (Å²) in [6.07, 6.45) is -0.954. The zero-order chi connectivity index (χ0) is 18.0. The van der Waals surface area contributed by atoms with Crippen molar-refractivity contribution in [1.82, 2.24) is 10.2 Å². The molecule has 1 aliphatic heterocycles. The highest BCUT2D eigenvalue weighted by Gasteiger charge is 2.33. The molecular weight excluding hydrogens is 312 g/mol. The normalized spacial score (nSPS) is 14.6. The quantitative estimate of drug-likeness (QED) is 0.647. The lowest BCUT2D eigenvalue weighted by Gasteiger charge is -2.14. The van der Waals surface area contributed by atoms with Crippen LogP contribution in [0.4, 0.5) is 0 Å². The summed E-state index contributed by atoms with van der Waals surface area (Å²) in [4.78, 5) is 48.8. The summed E-state index contributed by atoms with van der Waals surface area (Å²) in [5.41, 5.74) is 0.532. The second kappa shape index (κ2) is 6.82. The van der Waals surface area contributed by atoms with Gasteiger partial charge in [-0.15, -0.1) is 0 Å². The van der Waals surface area contributed by atoms with Crippen LogP contribution in [0.2, 0.25) is 0 Å². The Bertz CT molecular complexity index is 711. The summed E-state index contributed by atoms with van der Waals surface area (Å²) in [6, 6.07) is 4.14. The van der Waals surface area contributed by atoms with Crippen LogP contribution < -0.4 is 5.32 Å². The summed E-state index contributed by atoms with van der Waals surface area (Å²) in [5, 5.41) is 2.68. The lowest BCUT2D eigenvalue weighted by molar-refractivity contribution is -0.129. The van der Waals surface area contributed by atoms with Gasteiger partial charge in [-0.2, -0.15) is 0 Å². The molecule has 0 spiro atoms. The van der Waals surface area contributed by atoms with Gasteiger partial charge in [0.05, 0.1) is 16.7 Å². The fraction of sp³-hybridized carbons (Fsp3) is 0.412. The lowest BCUT2D eigenvalue weighted by atomic mass is 10.1. The van der Waals surface area contributed by atoms with Crippen LogP contribution in [-0.2, 0) is 9.53 Å². The fourth-order valence-electron chi connectivity index (χ4n) is 2.22. The number of nitrogens with one attached hydrogen (secondary N) is 1. The van der Waals surface area contributed by atoms with Gasteiger partial charge in [-0.1, -0.05) is 13.8 Å². The van der Waals surface area contributed by atoms with Gasteiger partial charge in [0, 0.05) is 13.6 Å². The second-order valence-corrected chi connectivity index (χ2v) is 6.12. The molecule has 1 atom stereocenters. The highest BCUT2D eigenvalue weighted by atomic mass is 16.5. The number of fused-ring (bicyclic) bond motifs is 1. The van der Waals surface area contributed by atoms with Gasteiger partial charge in [0.2, 0.25) is 0 Å². The Kier molecular flexibility index (Phi) is 5.02. The van der Waals surface area contributed by atoms with E-state index in [0.29, 0.717) is 6.54 Å². The van der Waals surface area contributed by atoms with E-state index in [2.05, 4.69) is 5.32 Å². The van der Waals surface area contributed by atoms with Crippen LogP contribution >= 0.6 is 0 Å². The molecule has 0 fully saturated rings. The average molecular weight is 332 g/mol. The van der Waals surface area contributed by atoms with E-state index < -0.39 is 23.9 Å². The molecule has 0 aliphatic carbocycles. The molecule has 1 aromatic carbocycles. The standard InChI is InChI=1S/C17H20N2O5/c1-9(2)8-18-14(20)10(3)24-17(23)11-5-6-12-13(7-11)16(22)19(4)15(12)21/h5-7,9-10H,8H2,1-4H3,(H,18,20). The fourth-order valence-corrected chi connectivity index (χ4v) is 2.22. The first kappa shape index (κ1) is 17.7. The van der Waals surface area contributed by atoms with Gasteiger partial charge in [-0.25, -0.2) is 4.79 Å². The number of hydrogen-bond acceptors (Lipinski definition) is 5. The minimum absolute atomic E-state index is 0.119. The maximum absolute atomic E-state index is 12.2. The van der Waals surface area contributed by atoms with Crippen molar-refractivity contribution in [1.29, 1.82) is 0 Å². The maximum Gasteiger partial charge on any atom is 0.338 e. The van der Waals surface area contributed by atoms with Crippen LogP contribution in [0.15, 0.2) is 18.2 Å². The lowest BCUT2D eigenvalue weighted by Crippen LogP contribution is -2.37. The summed E-state index contributed by atoms with van der Waals surface area (Å²) in [7, 11) is 1.38. The molecule has 0 aromatic heterocycles. The molecule has 2 rings (SSSR count). The number of imide groups is 1. The zero-order valence-electron chi connectivity index (χ0n) is 14.1. The van der Waals surface area contributed by atoms with Gasteiger partial charge < -0.3 is 10.1 Å². The van der Waals surface area contributed by atoms with Gasteiger partial charge in [0.15, 0.2) is 6.10 Å². The van der Waals surface area contributed by atoms with Gasteiger partial charge >= 0.3 is 5.97 Å². The minimum atomic E-state index is -0.954. The molecule has 1 unspecified atom stereocenters. The number of amides is 3. The third-order valence-electron chi connectivity index (χ3n) is 3.66. The van der Waals surface area contributed by atoms with Crippen LogP contribution in [0.1, 0.15) is 51.8 Å². The Hall–Kier alpha value is -2.70. The number of benzene rings is 1. The zero-order valence-corrected chi connectivity index (χ0v) is 14.1. The number of esters is 1. The van der Waals surface area contributed by atoms with E-state index in [1.54, 1.807) is 0 Å². The largest absolute Gasteiger partial charge is 0.449 e. The topological polar surface area (TPSA) is 92.8 Å². The molecule has 7 nitrogen and oxygen atoms in total. The Morgan fingerprint density at radius 1 is 1.12 bits per heavy atom. The maximum atomic E-state index is 12.2. The number of carbonyl (C=O) groups is 4. The summed E-state index contributed by atoms with van der Waals surface area (Å²) >= 11 is 0. The van der Waals surface area contributed by atoms with Crippen molar-refractivity contribution < 1.29 is 23.9 Å². The number of rotatable bonds is 5. The number of hydrogen-bond donors (Lipinski definition) is 1. The van der Waals surface area contributed by atoms with E-state index in [9.17, 15) is 19.2 Å².